The van der Waals surface area contributed by atoms with Crippen LogP contribution in [0.3, 0.4) is 0 Å². The molecule has 1 saturated heterocycles. The highest BCUT2D eigenvalue weighted by Gasteiger charge is 2.34. The molecule has 1 aromatic heterocycles. The van der Waals surface area contributed by atoms with Crippen molar-refractivity contribution in [3.63, 3.8) is 0 Å². The van der Waals surface area contributed by atoms with Gasteiger partial charge in [-0.15, -0.1) is 0 Å². The third kappa shape index (κ3) is 5.40. The number of hydrogen-bond acceptors (Lipinski definition) is 4. The highest BCUT2D eigenvalue weighted by molar-refractivity contribution is 6.30. The number of hydrogen-bond donors (Lipinski definition) is 2. The molecule has 2 unspecified atom stereocenters. The highest BCUT2D eigenvalue weighted by atomic mass is 35.5. The molecule has 7 heteroatoms. The number of nitrogens with one attached hydrogen (secondary N) is 2. The van der Waals surface area contributed by atoms with Gasteiger partial charge in [-0.25, -0.2) is 4.79 Å². The molecule has 4 rings (SSSR count). The van der Waals surface area contributed by atoms with E-state index in [1.54, 1.807) is 37.6 Å². The van der Waals surface area contributed by atoms with Crippen LogP contribution in [-0.2, 0) is 0 Å². The Balaban J connectivity index is 1.44. The maximum Gasteiger partial charge on any atom is 0.319 e. The van der Waals surface area contributed by atoms with Gasteiger partial charge in [0.15, 0.2) is 0 Å². The Bertz CT molecular complexity index is 824. The van der Waals surface area contributed by atoms with Crippen molar-refractivity contribution in [3.8, 4) is 5.75 Å². The van der Waals surface area contributed by atoms with Crippen LogP contribution < -0.4 is 15.4 Å². The summed E-state index contributed by atoms with van der Waals surface area (Å²) in [6.07, 6.45) is 5.33. The van der Waals surface area contributed by atoms with Crippen molar-refractivity contribution in [1.82, 2.24) is 15.2 Å². The molecule has 1 aliphatic carbocycles. The van der Waals surface area contributed by atoms with E-state index in [0.29, 0.717) is 5.02 Å². The maximum absolute atomic E-state index is 12.6. The molecule has 2 aromatic rings. The van der Waals surface area contributed by atoms with Crippen molar-refractivity contribution >= 4 is 23.3 Å². The first-order chi connectivity index (χ1) is 14.1. The van der Waals surface area contributed by atoms with E-state index >= 15 is 0 Å². The van der Waals surface area contributed by atoms with E-state index in [4.69, 9.17) is 16.3 Å². The molecule has 154 valence electrons. The number of carbonyl (C=O) groups excluding carboxylic acids is 1. The van der Waals surface area contributed by atoms with Gasteiger partial charge in [0.25, 0.3) is 0 Å². The number of nitrogens with zero attached hydrogens (tertiary/aromatic N) is 2. The van der Waals surface area contributed by atoms with Crippen LogP contribution in [0.5, 0.6) is 5.75 Å². The van der Waals surface area contributed by atoms with Crippen molar-refractivity contribution in [2.75, 3.05) is 32.1 Å². The molecular weight excluding hydrogens is 388 g/mol. The van der Waals surface area contributed by atoms with Crippen LogP contribution in [0, 0.1) is 5.92 Å². The molecule has 2 heterocycles. The van der Waals surface area contributed by atoms with E-state index in [1.807, 2.05) is 12.1 Å². The van der Waals surface area contributed by atoms with Crippen LogP contribution in [0.15, 0.2) is 42.6 Å². The molecule has 2 amide bonds. The van der Waals surface area contributed by atoms with E-state index in [9.17, 15) is 4.79 Å². The summed E-state index contributed by atoms with van der Waals surface area (Å²) in [4.78, 5) is 19.7. The van der Waals surface area contributed by atoms with Gasteiger partial charge in [0, 0.05) is 48.0 Å². The number of carbonyl (C=O) groups is 1. The fourth-order valence-corrected chi connectivity index (χ4v) is 4.05. The topological polar surface area (TPSA) is 66.5 Å². The number of amides is 2. The van der Waals surface area contributed by atoms with Gasteiger partial charge in [0.2, 0.25) is 0 Å². The molecule has 2 aliphatic rings. The number of aromatic nitrogens is 1. The molecule has 2 N–H and O–H groups in total. The number of piperidine rings is 1. The number of rotatable bonds is 6. The lowest BCUT2D eigenvalue weighted by atomic mass is 9.88. The molecule has 29 heavy (non-hydrogen) atoms. The maximum atomic E-state index is 12.6. The molecule has 1 saturated carbocycles. The molecule has 0 radical (unpaired) electrons. The standard InChI is InChI=1S/C22H27ClN4O2/c1-29-18-8-9-20(24-12-18)19-14-27(13-15-2-3-15)11-10-21(19)26-22(28)25-17-6-4-16(23)5-7-17/h4-9,12,15,19,21H,2-3,10-11,13-14H2,1H3,(H2,25,26,28). The number of likely N-dealkylation sites (tertiary alicyclic amines) is 1. The lowest BCUT2D eigenvalue weighted by Crippen LogP contribution is -2.51. The average molecular weight is 415 g/mol. The fraction of sp³-hybridized carbons (Fsp3) is 0.455. The summed E-state index contributed by atoms with van der Waals surface area (Å²) in [5.74, 6) is 1.73. The molecule has 1 aliphatic heterocycles. The normalized spacial score (nSPS) is 22.1. The van der Waals surface area contributed by atoms with Gasteiger partial charge in [0.05, 0.1) is 13.3 Å². The van der Waals surface area contributed by atoms with Gasteiger partial charge < -0.3 is 20.3 Å². The Labute approximate surface area is 176 Å². The van der Waals surface area contributed by atoms with Gasteiger partial charge in [-0.1, -0.05) is 11.6 Å². The predicted molar refractivity (Wildman–Crippen MR) is 115 cm³/mol. The van der Waals surface area contributed by atoms with E-state index in [2.05, 4.69) is 20.5 Å². The van der Waals surface area contributed by atoms with E-state index in [-0.39, 0.29) is 18.0 Å². The van der Waals surface area contributed by atoms with Gasteiger partial charge >= 0.3 is 6.03 Å². The predicted octanol–water partition coefficient (Wildman–Crippen LogP) is 4.13. The summed E-state index contributed by atoms with van der Waals surface area (Å²) >= 11 is 5.92. The smallest absolute Gasteiger partial charge is 0.319 e. The van der Waals surface area contributed by atoms with Gasteiger partial charge in [0.1, 0.15) is 5.75 Å². The summed E-state index contributed by atoms with van der Waals surface area (Å²) in [6.45, 7) is 3.05. The van der Waals surface area contributed by atoms with Crippen LogP contribution in [0.2, 0.25) is 5.02 Å². The second-order valence-electron chi connectivity index (χ2n) is 7.93. The van der Waals surface area contributed by atoms with Gasteiger partial charge in [-0.2, -0.15) is 0 Å². The summed E-state index contributed by atoms with van der Waals surface area (Å²) in [7, 11) is 1.64. The fourth-order valence-electron chi connectivity index (χ4n) is 3.92. The van der Waals surface area contributed by atoms with Crippen molar-refractivity contribution in [1.29, 1.82) is 0 Å². The number of ether oxygens (including phenoxy) is 1. The quantitative estimate of drug-likeness (QED) is 0.745. The van der Waals surface area contributed by atoms with Crippen LogP contribution in [-0.4, -0.2) is 48.7 Å². The third-order valence-electron chi connectivity index (χ3n) is 5.70. The van der Waals surface area contributed by atoms with Crippen molar-refractivity contribution in [2.24, 2.45) is 5.92 Å². The molecule has 0 bridgehead atoms. The number of urea groups is 1. The Morgan fingerprint density at radius 1 is 1.21 bits per heavy atom. The average Bonchev–Trinajstić information content (AvgIpc) is 3.55. The van der Waals surface area contributed by atoms with Gasteiger partial charge in [-0.05, 0) is 61.6 Å². The minimum Gasteiger partial charge on any atom is -0.495 e. The van der Waals surface area contributed by atoms with Crippen molar-refractivity contribution in [3.05, 3.63) is 53.3 Å². The molecular formula is C22H27ClN4O2. The summed E-state index contributed by atoms with van der Waals surface area (Å²) in [6, 6.07) is 10.9. The first kappa shape index (κ1) is 20.0. The highest BCUT2D eigenvalue weighted by Crippen LogP contribution is 2.33. The Morgan fingerprint density at radius 2 is 2.00 bits per heavy atom. The molecule has 0 spiro atoms. The number of anilines is 1. The Morgan fingerprint density at radius 3 is 2.66 bits per heavy atom. The van der Waals surface area contributed by atoms with Crippen LogP contribution in [0.25, 0.3) is 0 Å². The number of benzene rings is 1. The Kier molecular flexibility index (Phi) is 6.21. The summed E-state index contributed by atoms with van der Waals surface area (Å²) in [5.41, 5.74) is 1.71. The zero-order valence-electron chi connectivity index (χ0n) is 16.6. The Hall–Kier alpha value is -2.31. The lowest BCUT2D eigenvalue weighted by molar-refractivity contribution is 0.168. The number of halogens is 1. The lowest BCUT2D eigenvalue weighted by Gasteiger charge is -2.38. The molecule has 6 nitrogen and oxygen atoms in total. The minimum absolute atomic E-state index is 0.0265. The molecule has 2 atom stereocenters. The first-order valence-corrected chi connectivity index (χ1v) is 10.5. The summed E-state index contributed by atoms with van der Waals surface area (Å²) < 4.78 is 5.24. The third-order valence-corrected chi connectivity index (χ3v) is 5.96. The zero-order valence-corrected chi connectivity index (χ0v) is 17.4. The van der Waals surface area contributed by atoms with E-state index in [0.717, 1.165) is 49.1 Å². The van der Waals surface area contributed by atoms with Crippen LogP contribution in [0.1, 0.15) is 30.9 Å². The largest absolute Gasteiger partial charge is 0.495 e. The second kappa shape index (κ2) is 9.01. The first-order valence-electron chi connectivity index (χ1n) is 10.2. The van der Waals surface area contributed by atoms with E-state index < -0.39 is 0 Å². The number of methoxy groups -OCH3 is 1. The second-order valence-corrected chi connectivity index (χ2v) is 8.37. The minimum atomic E-state index is -0.202. The molecule has 1 aromatic carbocycles. The zero-order chi connectivity index (χ0) is 20.2. The summed E-state index contributed by atoms with van der Waals surface area (Å²) in [5, 5.41) is 6.71. The number of pyridine rings is 1. The van der Waals surface area contributed by atoms with Crippen LogP contribution in [0.4, 0.5) is 10.5 Å². The SMILES string of the molecule is COc1ccc(C2CN(CC3CC3)CCC2NC(=O)Nc2ccc(Cl)cc2)nc1. The van der Waals surface area contributed by atoms with E-state index in [1.165, 1.54) is 12.8 Å². The molecule has 2 fully saturated rings. The van der Waals surface area contributed by atoms with Gasteiger partial charge in [-0.3, -0.25) is 4.98 Å². The van der Waals surface area contributed by atoms with Crippen molar-refractivity contribution < 1.29 is 9.53 Å². The monoisotopic (exact) mass is 414 g/mol. The van der Waals surface area contributed by atoms with Crippen LogP contribution >= 0.6 is 11.6 Å². The van der Waals surface area contributed by atoms with Crippen molar-refractivity contribution in [2.45, 2.75) is 31.2 Å².